The third-order valence-corrected chi connectivity index (χ3v) is 2.90. The molecule has 0 aromatic carbocycles. The van der Waals surface area contributed by atoms with Crippen molar-refractivity contribution in [2.45, 2.75) is 19.4 Å². The highest BCUT2D eigenvalue weighted by Crippen LogP contribution is 2.34. The minimum absolute atomic E-state index is 0.191. The molecule has 94 valence electrons. The van der Waals surface area contributed by atoms with Crippen LogP contribution in [0.1, 0.15) is 13.3 Å². The number of rotatable bonds is 6. The van der Waals surface area contributed by atoms with Crippen LogP contribution >= 0.6 is 11.3 Å². The van der Waals surface area contributed by atoms with Gasteiger partial charge in [0.05, 0.1) is 6.61 Å². The molecule has 1 amide bonds. The molecule has 0 bridgehead atoms. The van der Waals surface area contributed by atoms with E-state index in [1.54, 1.807) is 6.07 Å². The Morgan fingerprint density at radius 1 is 1.71 bits per heavy atom. The number of thiophene rings is 1. The molecule has 2 rings (SSSR count). The average molecular weight is 257 g/mol. The molecule has 1 fully saturated rings. The first-order valence-corrected chi connectivity index (χ1v) is 6.45. The summed E-state index contributed by atoms with van der Waals surface area (Å²) in [6.45, 7) is 3.84. The Hall–Kier alpha value is -1.27. The Kier molecular flexibility index (Phi) is 4.22. The fourth-order valence-electron chi connectivity index (χ4n) is 1.16. The van der Waals surface area contributed by atoms with E-state index in [0.717, 1.165) is 13.0 Å². The summed E-state index contributed by atoms with van der Waals surface area (Å²) in [5.41, 5.74) is 0. The van der Waals surface area contributed by atoms with Crippen LogP contribution in [0.3, 0.4) is 0 Å². The number of carbonyl (C=O) groups is 1. The van der Waals surface area contributed by atoms with Crippen LogP contribution < -0.4 is 14.8 Å². The van der Waals surface area contributed by atoms with Crippen LogP contribution in [0.15, 0.2) is 11.4 Å². The number of ether oxygens (including phenoxy) is 3. The molecule has 0 aliphatic carbocycles. The predicted octanol–water partition coefficient (Wildman–Crippen LogP) is 2.02. The molecule has 0 saturated carbocycles. The number of epoxide rings is 1. The van der Waals surface area contributed by atoms with Crippen LogP contribution in [0.5, 0.6) is 10.8 Å². The molecule has 1 aliphatic heterocycles. The third kappa shape index (κ3) is 3.90. The number of hydrogen-bond acceptors (Lipinski definition) is 5. The minimum atomic E-state index is -0.443. The van der Waals surface area contributed by atoms with Gasteiger partial charge in [-0.1, -0.05) is 6.92 Å². The van der Waals surface area contributed by atoms with Crippen LogP contribution in [-0.4, -0.2) is 32.0 Å². The van der Waals surface area contributed by atoms with E-state index in [0.29, 0.717) is 24.0 Å². The Labute approximate surface area is 104 Å². The largest absolute Gasteiger partial charge is 0.486 e. The number of hydrogen-bond donors (Lipinski definition) is 1. The fourth-order valence-corrected chi connectivity index (χ4v) is 1.84. The number of amides is 1. The summed E-state index contributed by atoms with van der Waals surface area (Å²) < 4.78 is 15.7. The number of carbonyl (C=O) groups excluding carboxylic acids is 1. The van der Waals surface area contributed by atoms with E-state index >= 15 is 0 Å². The quantitative estimate of drug-likeness (QED) is 0.792. The zero-order valence-electron chi connectivity index (χ0n) is 9.60. The molecule has 1 aromatic heterocycles. The van der Waals surface area contributed by atoms with Crippen LogP contribution in [-0.2, 0) is 4.74 Å². The molecule has 1 N–H and O–H groups in total. The van der Waals surface area contributed by atoms with Crippen molar-refractivity contribution in [1.29, 1.82) is 0 Å². The number of nitrogens with one attached hydrogen (secondary N) is 1. The van der Waals surface area contributed by atoms with Crippen LogP contribution in [0.4, 0.5) is 4.79 Å². The van der Waals surface area contributed by atoms with Gasteiger partial charge in [-0.15, -0.1) is 11.3 Å². The van der Waals surface area contributed by atoms with E-state index in [1.165, 1.54) is 11.3 Å². The summed E-state index contributed by atoms with van der Waals surface area (Å²) in [7, 11) is 0. The van der Waals surface area contributed by atoms with E-state index in [9.17, 15) is 4.79 Å². The Bertz CT molecular complexity index is 375. The van der Waals surface area contributed by atoms with E-state index in [4.69, 9.17) is 14.2 Å². The normalized spacial score (nSPS) is 17.6. The second-order valence-corrected chi connectivity index (χ2v) is 4.53. The van der Waals surface area contributed by atoms with Gasteiger partial charge < -0.3 is 19.5 Å². The summed E-state index contributed by atoms with van der Waals surface area (Å²) in [4.78, 5) is 11.4. The second kappa shape index (κ2) is 5.88. The molecule has 1 aromatic rings. The summed E-state index contributed by atoms with van der Waals surface area (Å²) in [6.07, 6.45) is 0.626. The van der Waals surface area contributed by atoms with E-state index in [2.05, 4.69) is 5.32 Å². The predicted molar refractivity (Wildman–Crippen MR) is 63.9 cm³/mol. The fraction of sp³-hybridized carbons (Fsp3) is 0.545. The first-order valence-electron chi connectivity index (χ1n) is 5.57. The van der Waals surface area contributed by atoms with Crippen molar-refractivity contribution in [2.24, 2.45) is 0 Å². The Morgan fingerprint density at radius 2 is 2.53 bits per heavy atom. The zero-order valence-corrected chi connectivity index (χ0v) is 10.4. The van der Waals surface area contributed by atoms with Gasteiger partial charge in [-0.25, -0.2) is 4.79 Å². The summed E-state index contributed by atoms with van der Waals surface area (Å²) in [6, 6.07) is 1.79. The summed E-state index contributed by atoms with van der Waals surface area (Å²) >= 11 is 1.33. The Balaban J connectivity index is 1.81. The lowest BCUT2D eigenvalue weighted by Crippen LogP contribution is -2.27. The van der Waals surface area contributed by atoms with Crippen molar-refractivity contribution in [3.8, 4) is 10.8 Å². The maximum atomic E-state index is 11.4. The van der Waals surface area contributed by atoms with Crippen LogP contribution in [0.2, 0.25) is 0 Å². The first kappa shape index (κ1) is 12.2. The molecule has 0 spiro atoms. The van der Waals surface area contributed by atoms with Gasteiger partial charge in [-0.2, -0.15) is 0 Å². The van der Waals surface area contributed by atoms with Gasteiger partial charge >= 0.3 is 6.09 Å². The third-order valence-electron chi connectivity index (χ3n) is 2.13. The average Bonchev–Trinajstić information content (AvgIpc) is 3.05. The van der Waals surface area contributed by atoms with Gasteiger partial charge in [0.1, 0.15) is 12.7 Å². The second-order valence-electron chi connectivity index (χ2n) is 3.65. The highest BCUT2D eigenvalue weighted by atomic mass is 32.1. The lowest BCUT2D eigenvalue weighted by Gasteiger charge is -2.06. The van der Waals surface area contributed by atoms with Gasteiger partial charge in [0.25, 0.3) is 0 Å². The topological polar surface area (TPSA) is 60.1 Å². The highest BCUT2D eigenvalue weighted by Gasteiger charge is 2.24. The monoisotopic (exact) mass is 257 g/mol. The molecule has 6 heteroatoms. The maximum absolute atomic E-state index is 11.4. The van der Waals surface area contributed by atoms with Crippen molar-refractivity contribution in [2.75, 3.05) is 19.8 Å². The zero-order chi connectivity index (χ0) is 12.1. The van der Waals surface area contributed by atoms with Crippen molar-refractivity contribution in [3.63, 3.8) is 0 Å². The van der Waals surface area contributed by atoms with Gasteiger partial charge in [0.2, 0.25) is 5.06 Å². The first-order chi connectivity index (χ1) is 8.29. The Morgan fingerprint density at radius 3 is 3.24 bits per heavy atom. The lowest BCUT2D eigenvalue weighted by atomic mass is 10.5. The van der Waals surface area contributed by atoms with Gasteiger partial charge in [0, 0.05) is 6.54 Å². The van der Waals surface area contributed by atoms with Gasteiger partial charge in [-0.05, 0) is 17.9 Å². The van der Waals surface area contributed by atoms with Crippen molar-refractivity contribution in [1.82, 2.24) is 5.32 Å². The van der Waals surface area contributed by atoms with Crippen molar-refractivity contribution < 1.29 is 19.0 Å². The minimum Gasteiger partial charge on any atom is -0.486 e. The molecule has 1 saturated heterocycles. The molecule has 0 radical (unpaired) electrons. The van der Waals surface area contributed by atoms with E-state index in [-0.39, 0.29) is 6.10 Å². The smallest absolute Gasteiger partial charge is 0.413 e. The lowest BCUT2D eigenvalue weighted by molar-refractivity contribution is 0.197. The maximum Gasteiger partial charge on any atom is 0.413 e. The summed E-state index contributed by atoms with van der Waals surface area (Å²) in [5, 5.41) is 4.95. The van der Waals surface area contributed by atoms with Gasteiger partial charge in [0.15, 0.2) is 5.75 Å². The summed E-state index contributed by atoms with van der Waals surface area (Å²) in [5.74, 6) is 0.595. The molecule has 17 heavy (non-hydrogen) atoms. The molecule has 1 unspecified atom stereocenters. The molecular formula is C11H15NO4S. The molecule has 2 heterocycles. The molecule has 1 atom stereocenters. The van der Waals surface area contributed by atoms with E-state index in [1.807, 2.05) is 12.3 Å². The molecule has 1 aliphatic rings. The van der Waals surface area contributed by atoms with Crippen LogP contribution in [0.25, 0.3) is 0 Å². The molecule has 5 nitrogen and oxygen atoms in total. The van der Waals surface area contributed by atoms with Crippen molar-refractivity contribution >= 4 is 17.4 Å². The standard InChI is InChI=1S/C11H15NO4S/c1-2-4-12-11(13)16-10-9(3-5-17-10)15-7-8-6-14-8/h3,5,8H,2,4,6-7H2,1H3,(H,12,13). The highest BCUT2D eigenvalue weighted by molar-refractivity contribution is 7.12. The van der Waals surface area contributed by atoms with Crippen LogP contribution in [0, 0.1) is 0 Å². The van der Waals surface area contributed by atoms with E-state index < -0.39 is 6.09 Å². The SMILES string of the molecule is CCCNC(=O)Oc1sccc1OCC1CO1. The molecular weight excluding hydrogens is 242 g/mol. The van der Waals surface area contributed by atoms with Gasteiger partial charge in [-0.3, -0.25) is 0 Å². The van der Waals surface area contributed by atoms with Crippen molar-refractivity contribution in [3.05, 3.63) is 11.4 Å².